The van der Waals surface area contributed by atoms with Crippen molar-refractivity contribution in [2.24, 2.45) is 5.73 Å². The Balaban J connectivity index is 1.83. The fourth-order valence-electron chi connectivity index (χ4n) is 2.93. The van der Waals surface area contributed by atoms with Crippen LogP contribution < -0.4 is 15.7 Å². The van der Waals surface area contributed by atoms with Gasteiger partial charge >= 0.3 is 13.1 Å². The molecule has 0 saturated heterocycles. The number of rotatable bonds is 7. The second-order valence-electron chi connectivity index (χ2n) is 6.02. The minimum atomic E-state index is -1.07. The lowest BCUT2D eigenvalue weighted by atomic mass is 9.78. The molecule has 132 valence electrons. The average Bonchev–Trinajstić information content (AvgIpc) is 3.01. The highest BCUT2D eigenvalue weighted by molar-refractivity contribution is 6.44. The summed E-state index contributed by atoms with van der Waals surface area (Å²) in [7, 11) is -0.967. The van der Waals surface area contributed by atoms with Crippen LogP contribution in [-0.4, -0.2) is 46.1 Å². The summed E-state index contributed by atoms with van der Waals surface area (Å²) in [5.74, 6) is -0.807. The largest absolute Gasteiger partial charge is 0.535 e. The van der Waals surface area contributed by atoms with Gasteiger partial charge in [0, 0.05) is 31.4 Å². The Morgan fingerprint density at radius 3 is 3.08 bits per heavy atom. The van der Waals surface area contributed by atoms with E-state index in [1.54, 1.807) is 16.9 Å². The summed E-state index contributed by atoms with van der Waals surface area (Å²) >= 11 is 0. The summed E-state index contributed by atoms with van der Waals surface area (Å²) in [6.07, 6.45) is 4.66. The van der Waals surface area contributed by atoms with Crippen LogP contribution in [0.3, 0.4) is 0 Å². The van der Waals surface area contributed by atoms with E-state index < -0.39 is 13.1 Å². The minimum absolute atomic E-state index is 0.0922. The van der Waals surface area contributed by atoms with Crippen LogP contribution in [-0.2, 0) is 19.5 Å². The highest BCUT2D eigenvalue weighted by Gasteiger charge is 2.29. The van der Waals surface area contributed by atoms with Gasteiger partial charge < -0.3 is 25.8 Å². The summed E-state index contributed by atoms with van der Waals surface area (Å²) in [5.41, 5.74) is 7.92. The molecule has 1 aromatic heterocycles. The molecule has 1 aliphatic heterocycles. The molecule has 25 heavy (non-hydrogen) atoms. The van der Waals surface area contributed by atoms with Crippen molar-refractivity contribution in [2.75, 3.05) is 13.1 Å². The molecule has 0 unspecified atom stereocenters. The van der Waals surface area contributed by atoms with Crippen LogP contribution >= 0.6 is 0 Å². The lowest BCUT2D eigenvalue weighted by molar-refractivity contribution is 0.0693. The number of fused-ring (bicyclic) bond motifs is 1. The molecule has 3 rings (SSSR count). The molecule has 5 N–H and O–H groups in total. The van der Waals surface area contributed by atoms with E-state index in [4.69, 9.17) is 10.4 Å². The van der Waals surface area contributed by atoms with E-state index in [-0.39, 0.29) is 11.3 Å². The number of aromatic nitrogens is 2. The fraction of sp³-hybridized carbons (Fsp3) is 0.375. The second kappa shape index (κ2) is 7.69. The smallest absolute Gasteiger partial charge is 0.522 e. The Morgan fingerprint density at radius 1 is 1.48 bits per heavy atom. The minimum Gasteiger partial charge on any atom is -0.535 e. The van der Waals surface area contributed by atoms with Gasteiger partial charge in [0.1, 0.15) is 11.3 Å². The van der Waals surface area contributed by atoms with E-state index in [0.29, 0.717) is 37.9 Å². The lowest BCUT2D eigenvalue weighted by Gasteiger charge is -2.23. The van der Waals surface area contributed by atoms with Crippen LogP contribution in [0.1, 0.15) is 27.0 Å². The van der Waals surface area contributed by atoms with Crippen molar-refractivity contribution in [3.8, 4) is 5.75 Å². The van der Waals surface area contributed by atoms with Gasteiger partial charge in [-0.25, -0.2) is 4.79 Å². The maximum Gasteiger partial charge on any atom is 0.522 e. The monoisotopic (exact) mass is 344 g/mol. The summed E-state index contributed by atoms with van der Waals surface area (Å²) in [5, 5.41) is 26.8. The summed E-state index contributed by atoms with van der Waals surface area (Å²) in [6.45, 7) is 2.25. The first kappa shape index (κ1) is 17.5. The molecule has 0 saturated carbocycles. The second-order valence-corrected chi connectivity index (χ2v) is 6.02. The normalized spacial score (nSPS) is 13.4. The molecule has 0 spiro atoms. The van der Waals surface area contributed by atoms with Gasteiger partial charge in [0.2, 0.25) is 0 Å². The molecule has 0 amide bonds. The number of benzene rings is 1. The molecular formula is C16H21BN4O4. The summed E-state index contributed by atoms with van der Waals surface area (Å²) in [4.78, 5) is 11.8. The van der Waals surface area contributed by atoms with Crippen molar-refractivity contribution in [1.29, 1.82) is 0 Å². The molecule has 0 atom stereocenters. The SMILES string of the molecule is NCCNCc1cnn(Cc2ccc3c(c2C(=O)O)OB(O)CC3)c1. The number of nitrogens with two attached hydrogens (primary N) is 1. The Hall–Kier alpha value is -2.36. The lowest BCUT2D eigenvalue weighted by Crippen LogP contribution is -2.28. The molecular weight excluding hydrogens is 323 g/mol. The molecule has 1 aromatic carbocycles. The number of nitrogens with one attached hydrogen (secondary N) is 1. The predicted octanol–water partition coefficient (Wildman–Crippen LogP) is 0.0933. The van der Waals surface area contributed by atoms with Gasteiger partial charge in [-0.2, -0.15) is 5.10 Å². The van der Waals surface area contributed by atoms with E-state index in [9.17, 15) is 14.9 Å². The van der Waals surface area contributed by atoms with Crippen LogP contribution in [0, 0.1) is 0 Å². The third-order valence-corrected chi connectivity index (χ3v) is 4.12. The Labute approximate surface area is 145 Å². The van der Waals surface area contributed by atoms with Crippen molar-refractivity contribution in [3.05, 3.63) is 46.8 Å². The topological polar surface area (TPSA) is 123 Å². The van der Waals surface area contributed by atoms with Gasteiger partial charge in [-0.05, 0) is 23.9 Å². The fourth-order valence-corrected chi connectivity index (χ4v) is 2.93. The number of nitrogens with zero attached hydrogens (tertiary/aromatic N) is 2. The van der Waals surface area contributed by atoms with Gasteiger partial charge in [-0.3, -0.25) is 4.68 Å². The number of carbonyl (C=O) groups is 1. The predicted molar refractivity (Wildman–Crippen MR) is 92.6 cm³/mol. The molecule has 0 fully saturated rings. The van der Waals surface area contributed by atoms with Gasteiger partial charge in [0.15, 0.2) is 0 Å². The Bertz CT molecular complexity index is 765. The third-order valence-electron chi connectivity index (χ3n) is 4.12. The molecule has 2 heterocycles. The molecule has 0 radical (unpaired) electrons. The van der Waals surface area contributed by atoms with E-state index in [0.717, 1.165) is 17.7 Å². The van der Waals surface area contributed by atoms with E-state index in [1.165, 1.54) is 0 Å². The average molecular weight is 344 g/mol. The van der Waals surface area contributed by atoms with Crippen molar-refractivity contribution < 1.29 is 19.6 Å². The van der Waals surface area contributed by atoms with E-state index in [2.05, 4.69) is 10.4 Å². The van der Waals surface area contributed by atoms with Crippen LogP contribution in [0.15, 0.2) is 24.5 Å². The standard InChI is InChI=1S/C16H21BN4O4/c18-5-6-19-7-11-8-20-21(9-11)10-13-2-1-12-3-4-17(24)25-15(12)14(13)16(22)23/h1-2,8-9,19,24H,3-7,10,18H2,(H,22,23). The quantitative estimate of drug-likeness (QED) is 0.415. The molecule has 9 heteroatoms. The third kappa shape index (κ3) is 4.01. The van der Waals surface area contributed by atoms with Crippen LogP contribution in [0.2, 0.25) is 6.32 Å². The van der Waals surface area contributed by atoms with Gasteiger partial charge in [-0.15, -0.1) is 0 Å². The zero-order chi connectivity index (χ0) is 17.8. The first-order chi connectivity index (χ1) is 12.1. The molecule has 1 aliphatic rings. The first-order valence-corrected chi connectivity index (χ1v) is 8.23. The van der Waals surface area contributed by atoms with Crippen LogP contribution in [0.4, 0.5) is 0 Å². The van der Waals surface area contributed by atoms with Crippen molar-refractivity contribution >= 4 is 13.1 Å². The molecule has 0 bridgehead atoms. The van der Waals surface area contributed by atoms with Gasteiger partial charge in [-0.1, -0.05) is 12.1 Å². The number of hydrogen-bond donors (Lipinski definition) is 4. The maximum absolute atomic E-state index is 11.8. The van der Waals surface area contributed by atoms with E-state index >= 15 is 0 Å². The summed E-state index contributed by atoms with van der Waals surface area (Å²) in [6, 6.07) is 3.65. The number of hydrogen-bond acceptors (Lipinski definition) is 6. The maximum atomic E-state index is 11.8. The molecule has 2 aromatic rings. The highest BCUT2D eigenvalue weighted by Crippen LogP contribution is 2.33. The van der Waals surface area contributed by atoms with Gasteiger partial charge in [0.25, 0.3) is 0 Å². The van der Waals surface area contributed by atoms with Crippen LogP contribution in [0.5, 0.6) is 5.75 Å². The van der Waals surface area contributed by atoms with Gasteiger partial charge in [0.05, 0.1) is 12.7 Å². The summed E-state index contributed by atoms with van der Waals surface area (Å²) < 4.78 is 7.08. The van der Waals surface area contributed by atoms with Crippen molar-refractivity contribution in [3.63, 3.8) is 0 Å². The number of carboxylic acids is 1. The Kier molecular flexibility index (Phi) is 5.37. The molecule has 8 nitrogen and oxygen atoms in total. The van der Waals surface area contributed by atoms with E-state index in [1.807, 2.05) is 12.3 Å². The highest BCUT2D eigenvalue weighted by atomic mass is 16.5. The zero-order valence-corrected chi connectivity index (χ0v) is 13.8. The van der Waals surface area contributed by atoms with Crippen LogP contribution in [0.25, 0.3) is 0 Å². The van der Waals surface area contributed by atoms with Crippen molar-refractivity contribution in [2.45, 2.75) is 25.8 Å². The first-order valence-electron chi connectivity index (χ1n) is 8.23. The van der Waals surface area contributed by atoms with Crippen molar-refractivity contribution in [1.82, 2.24) is 15.1 Å². The number of aryl methyl sites for hydroxylation is 1. The number of aromatic carboxylic acids is 1. The Morgan fingerprint density at radius 2 is 2.32 bits per heavy atom. The zero-order valence-electron chi connectivity index (χ0n) is 13.8. The molecule has 0 aliphatic carbocycles. The number of carboxylic acid groups (broad SMARTS) is 1.